The molecule has 6 heteroatoms. The molecule has 0 amide bonds. The van der Waals surface area contributed by atoms with Crippen LogP contribution in [-0.2, 0) is 4.74 Å². The van der Waals surface area contributed by atoms with E-state index in [0.29, 0.717) is 11.8 Å². The average molecular weight is 767 g/mol. The van der Waals surface area contributed by atoms with E-state index in [2.05, 4.69) is 154 Å². The molecule has 4 heterocycles. The lowest BCUT2D eigenvalue weighted by Crippen LogP contribution is -2.71. The Morgan fingerprint density at radius 1 is 0.719 bits per heavy atom. The molecule has 0 spiro atoms. The molecule has 0 radical (unpaired) electrons. The Bertz CT molecular complexity index is 2450. The van der Waals surface area contributed by atoms with Gasteiger partial charge in [-0.2, -0.15) is 0 Å². The van der Waals surface area contributed by atoms with Crippen LogP contribution >= 0.6 is 11.3 Å². The van der Waals surface area contributed by atoms with E-state index >= 15 is 0 Å². The van der Waals surface area contributed by atoms with Gasteiger partial charge < -0.3 is 9.64 Å². The van der Waals surface area contributed by atoms with Crippen LogP contribution in [0.5, 0.6) is 0 Å². The molecular formula is C51H50N4OS. The standard InChI is InChI=1S/C51H50N4OS/c1-3-12-31(13-4-1)33-16-11-17-34(28-33)50-52-49(32-14-5-2-6-15-32)53-51(54-50)35-22-24-38-39-25-23-36(30-45(39)56-44(38)29-35)55-43-20-9-7-18-37(43)41-26-27-42-40-19-8-10-21-46(40)57-48(42)47(41)55/h1,3-4,7-8,10-14,16,18-19,21-28,30,34-35,39,41,45,47,49-54H,2,5-6,9,15,17,20,29H2. The summed E-state index contributed by atoms with van der Waals surface area (Å²) >= 11 is 1.99. The van der Waals surface area contributed by atoms with E-state index in [0.717, 1.165) is 32.1 Å². The normalized spacial score (nSPS) is 33.6. The molecule has 9 atom stereocenters. The van der Waals surface area contributed by atoms with Crippen LogP contribution in [0.3, 0.4) is 0 Å². The first-order valence-electron chi connectivity index (χ1n) is 21.5. The van der Waals surface area contributed by atoms with E-state index in [1.807, 2.05) is 11.3 Å². The number of rotatable bonds is 5. The van der Waals surface area contributed by atoms with E-state index in [9.17, 15) is 0 Å². The fraction of sp³-hybridized carbons (Fsp3) is 0.333. The third-order valence-corrected chi connectivity index (χ3v) is 15.3. The van der Waals surface area contributed by atoms with Crippen molar-refractivity contribution in [3.63, 3.8) is 0 Å². The van der Waals surface area contributed by atoms with Crippen molar-refractivity contribution in [1.29, 1.82) is 0 Å². The van der Waals surface area contributed by atoms with Crippen LogP contribution in [0.2, 0.25) is 0 Å². The minimum Gasteiger partial charge on any atom is -0.489 e. The molecule has 286 valence electrons. The number of nitrogens with one attached hydrogen (secondary N) is 3. The maximum atomic E-state index is 7.05. The van der Waals surface area contributed by atoms with Gasteiger partial charge in [0.2, 0.25) is 0 Å². The molecule has 1 fully saturated rings. The summed E-state index contributed by atoms with van der Waals surface area (Å²) in [6.45, 7) is 0. The summed E-state index contributed by atoms with van der Waals surface area (Å²) in [4.78, 5) is 4.20. The fourth-order valence-electron chi connectivity index (χ4n) is 11.2. The van der Waals surface area contributed by atoms with Gasteiger partial charge in [0.05, 0.1) is 24.5 Å². The molecule has 1 saturated heterocycles. The zero-order valence-electron chi connectivity index (χ0n) is 32.3. The summed E-state index contributed by atoms with van der Waals surface area (Å²) in [6, 6.07) is 20.1. The van der Waals surface area contributed by atoms with Crippen LogP contribution in [0.25, 0.3) is 21.7 Å². The Labute approximate surface area is 340 Å². The highest BCUT2D eigenvalue weighted by molar-refractivity contribution is 7.19. The van der Waals surface area contributed by atoms with Gasteiger partial charge in [-0.15, -0.1) is 11.3 Å². The molecule has 5 nitrogen and oxygen atoms in total. The van der Waals surface area contributed by atoms with Crippen molar-refractivity contribution in [2.45, 2.75) is 82.0 Å². The molecule has 12 rings (SSSR count). The van der Waals surface area contributed by atoms with Gasteiger partial charge in [-0.25, -0.2) is 0 Å². The van der Waals surface area contributed by atoms with Crippen molar-refractivity contribution in [2.75, 3.05) is 0 Å². The van der Waals surface area contributed by atoms with Gasteiger partial charge in [-0.1, -0.05) is 115 Å². The van der Waals surface area contributed by atoms with Gasteiger partial charge in [0.25, 0.3) is 0 Å². The summed E-state index contributed by atoms with van der Waals surface area (Å²) in [6.07, 6.45) is 41.0. The highest BCUT2D eigenvalue weighted by Crippen LogP contribution is 2.56. The van der Waals surface area contributed by atoms with Crippen LogP contribution < -0.4 is 16.0 Å². The van der Waals surface area contributed by atoms with E-state index in [1.54, 1.807) is 0 Å². The highest BCUT2D eigenvalue weighted by atomic mass is 32.1. The second-order valence-electron chi connectivity index (χ2n) is 17.3. The van der Waals surface area contributed by atoms with Crippen molar-refractivity contribution in [1.82, 2.24) is 20.9 Å². The molecule has 2 aromatic carbocycles. The molecule has 9 aliphatic rings. The van der Waals surface area contributed by atoms with Gasteiger partial charge in [0.15, 0.2) is 0 Å². The maximum absolute atomic E-state index is 7.05. The number of hydrogen-bond acceptors (Lipinski definition) is 6. The third-order valence-electron chi connectivity index (χ3n) is 14.0. The first kappa shape index (κ1) is 34.3. The van der Waals surface area contributed by atoms with Crippen molar-refractivity contribution in [2.24, 2.45) is 23.7 Å². The minimum atomic E-state index is 0.0130. The van der Waals surface area contributed by atoms with Gasteiger partial charge >= 0.3 is 0 Å². The lowest BCUT2D eigenvalue weighted by Gasteiger charge is -2.45. The number of allylic oxidation sites excluding steroid dienone is 10. The molecule has 3 aromatic rings. The molecule has 0 saturated carbocycles. The van der Waals surface area contributed by atoms with Crippen LogP contribution in [-0.4, -0.2) is 29.5 Å². The second kappa shape index (κ2) is 14.0. The second-order valence-corrected chi connectivity index (χ2v) is 18.4. The van der Waals surface area contributed by atoms with Crippen LogP contribution in [0.15, 0.2) is 161 Å². The topological polar surface area (TPSA) is 48.6 Å². The Hall–Kier alpha value is -4.72. The number of thiophene rings is 1. The summed E-state index contributed by atoms with van der Waals surface area (Å²) in [5.41, 5.74) is 11.2. The number of fused-ring (bicyclic) bond motifs is 8. The average Bonchev–Trinajstić information content (AvgIpc) is 3.96. The van der Waals surface area contributed by atoms with Gasteiger partial charge in [0.1, 0.15) is 11.9 Å². The van der Waals surface area contributed by atoms with E-state index in [1.165, 1.54) is 84.8 Å². The molecule has 6 aliphatic carbocycles. The van der Waals surface area contributed by atoms with Crippen molar-refractivity contribution >= 4 is 33.1 Å². The third kappa shape index (κ3) is 5.82. The lowest BCUT2D eigenvalue weighted by molar-refractivity contribution is 0.126. The largest absolute Gasteiger partial charge is 0.489 e. The molecule has 0 bridgehead atoms. The molecule has 3 N–H and O–H groups in total. The lowest BCUT2D eigenvalue weighted by atomic mass is 9.83. The van der Waals surface area contributed by atoms with E-state index in [4.69, 9.17) is 4.74 Å². The zero-order valence-corrected chi connectivity index (χ0v) is 33.1. The highest BCUT2D eigenvalue weighted by Gasteiger charge is 2.47. The summed E-state index contributed by atoms with van der Waals surface area (Å²) in [7, 11) is 0. The van der Waals surface area contributed by atoms with Crippen LogP contribution in [0.1, 0.15) is 73.4 Å². The molecule has 1 aromatic heterocycles. The molecule has 57 heavy (non-hydrogen) atoms. The Kier molecular flexibility index (Phi) is 8.42. The number of ether oxygens (including phenoxy) is 1. The molecule has 9 unspecified atom stereocenters. The Morgan fingerprint density at radius 3 is 2.51 bits per heavy atom. The molecular weight excluding hydrogens is 717 g/mol. The van der Waals surface area contributed by atoms with Crippen molar-refractivity contribution in [3.05, 3.63) is 177 Å². The summed E-state index contributed by atoms with van der Waals surface area (Å²) in [5, 5.41) is 13.6. The summed E-state index contributed by atoms with van der Waals surface area (Å²) in [5.74, 6) is 2.43. The molecule has 3 aliphatic heterocycles. The van der Waals surface area contributed by atoms with Gasteiger partial charge in [-0.05, 0) is 91.0 Å². The van der Waals surface area contributed by atoms with Crippen molar-refractivity contribution < 1.29 is 4.74 Å². The van der Waals surface area contributed by atoms with Crippen LogP contribution in [0, 0.1) is 23.7 Å². The Balaban J connectivity index is 0.808. The minimum absolute atomic E-state index is 0.0130. The number of nitrogens with zero attached hydrogens (tertiary/aromatic N) is 1. The monoisotopic (exact) mass is 766 g/mol. The SMILES string of the molecule is C1=CC2=C(CC1)N(C1=CC3OC4=C(C=CC(C5NC(C6=CCCCC6)NC(C6C=C(c7ccccc7)C=CC6)N5)C4)C3C=C1)C1c3sc4ccccc4c3C=CC21. The maximum Gasteiger partial charge on any atom is 0.129 e. The van der Waals surface area contributed by atoms with E-state index in [-0.39, 0.29) is 42.5 Å². The first-order chi connectivity index (χ1) is 28.2. The quantitative estimate of drug-likeness (QED) is 0.226. The number of hydrogen-bond donors (Lipinski definition) is 3. The predicted octanol–water partition coefficient (Wildman–Crippen LogP) is 10.7. The first-order valence-corrected chi connectivity index (χ1v) is 22.3. The smallest absolute Gasteiger partial charge is 0.129 e. The summed E-state index contributed by atoms with van der Waals surface area (Å²) < 4.78 is 8.43. The fourth-order valence-corrected chi connectivity index (χ4v) is 12.6. The van der Waals surface area contributed by atoms with Crippen molar-refractivity contribution in [3.8, 4) is 0 Å². The van der Waals surface area contributed by atoms with E-state index < -0.39 is 0 Å². The van der Waals surface area contributed by atoms with Gasteiger partial charge in [-0.3, -0.25) is 16.0 Å². The number of benzene rings is 2. The zero-order chi connectivity index (χ0) is 37.5. The Morgan fingerprint density at radius 2 is 1.60 bits per heavy atom. The predicted molar refractivity (Wildman–Crippen MR) is 233 cm³/mol. The van der Waals surface area contributed by atoms with Gasteiger partial charge in [0, 0.05) is 62.0 Å². The van der Waals surface area contributed by atoms with Crippen LogP contribution in [0.4, 0.5) is 0 Å².